The Morgan fingerprint density at radius 2 is 2.00 bits per heavy atom. The summed E-state index contributed by atoms with van der Waals surface area (Å²) in [6, 6.07) is 0. The summed E-state index contributed by atoms with van der Waals surface area (Å²) in [5.74, 6) is 0.623. The van der Waals surface area contributed by atoms with Crippen molar-refractivity contribution >= 4 is 17.4 Å². The van der Waals surface area contributed by atoms with Crippen LogP contribution in [0.5, 0.6) is 0 Å². The van der Waals surface area contributed by atoms with Crippen LogP contribution in [0.15, 0.2) is 12.4 Å². The second kappa shape index (κ2) is 6.56. The summed E-state index contributed by atoms with van der Waals surface area (Å²) in [5.41, 5.74) is 0. The van der Waals surface area contributed by atoms with Crippen molar-refractivity contribution in [3.05, 3.63) is 17.5 Å². The van der Waals surface area contributed by atoms with Gasteiger partial charge in [-0.2, -0.15) is 0 Å². The normalized spacial score (nSPS) is 10.1. The minimum atomic E-state index is 0.256. The number of aromatic nitrogens is 2. The average molecular weight is 216 g/mol. The molecule has 0 atom stereocenters. The maximum atomic E-state index is 8.56. The highest BCUT2D eigenvalue weighted by atomic mass is 35.5. The lowest BCUT2D eigenvalue weighted by Gasteiger charge is -2.05. The summed E-state index contributed by atoms with van der Waals surface area (Å²) in [6.07, 6.45) is 5.99. The third kappa shape index (κ3) is 3.89. The molecule has 0 aliphatic heterocycles. The third-order valence-electron chi connectivity index (χ3n) is 1.78. The largest absolute Gasteiger partial charge is 0.396 e. The Balaban J connectivity index is 2.21. The van der Waals surface area contributed by atoms with E-state index in [0.29, 0.717) is 11.0 Å². The molecule has 0 radical (unpaired) electrons. The van der Waals surface area contributed by atoms with Crippen molar-refractivity contribution in [2.75, 3.05) is 18.5 Å². The van der Waals surface area contributed by atoms with Gasteiger partial charge in [-0.25, -0.2) is 9.97 Å². The minimum absolute atomic E-state index is 0.256. The van der Waals surface area contributed by atoms with Crippen molar-refractivity contribution in [2.45, 2.75) is 19.3 Å². The maximum absolute atomic E-state index is 8.56. The second-order valence-corrected chi connectivity index (χ2v) is 3.26. The zero-order valence-corrected chi connectivity index (χ0v) is 8.67. The van der Waals surface area contributed by atoms with Crippen LogP contribution in [0.1, 0.15) is 19.3 Å². The Morgan fingerprint density at radius 1 is 1.21 bits per heavy atom. The Bertz CT molecular complexity index is 270. The Hall–Kier alpha value is -0.870. The molecule has 1 rings (SSSR count). The second-order valence-electron chi connectivity index (χ2n) is 2.91. The molecule has 0 aliphatic carbocycles. The first-order valence-corrected chi connectivity index (χ1v) is 5.03. The van der Waals surface area contributed by atoms with Crippen LogP contribution >= 0.6 is 11.6 Å². The highest BCUT2D eigenvalue weighted by Gasteiger charge is 1.99. The van der Waals surface area contributed by atoms with Gasteiger partial charge in [0.15, 0.2) is 11.0 Å². The molecular formula is C9H14ClN3O. The summed E-state index contributed by atoms with van der Waals surface area (Å²) in [5, 5.41) is 12.0. The van der Waals surface area contributed by atoms with E-state index >= 15 is 0 Å². The van der Waals surface area contributed by atoms with Gasteiger partial charge in [0.2, 0.25) is 0 Å². The monoisotopic (exact) mass is 215 g/mol. The Labute approximate surface area is 88.3 Å². The fourth-order valence-corrected chi connectivity index (χ4v) is 1.23. The quantitative estimate of drug-likeness (QED) is 0.710. The van der Waals surface area contributed by atoms with Crippen molar-refractivity contribution in [1.82, 2.24) is 9.97 Å². The first kappa shape index (κ1) is 11.2. The minimum Gasteiger partial charge on any atom is -0.396 e. The fraction of sp³-hybridized carbons (Fsp3) is 0.556. The van der Waals surface area contributed by atoms with Gasteiger partial charge in [0.05, 0.1) is 0 Å². The van der Waals surface area contributed by atoms with Crippen LogP contribution in [0.2, 0.25) is 5.15 Å². The standard InChI is InChI=1S/C9H14ClN3O/c10-8-9(13-6-5-11-8)12-4-2-1-3-7-14/h5-6,14H,1-4,7H2,(H,12,13). The molecule has 0 amide bonds. The average Bonchev–Trinajstić information content (AvgIpc) is 2.20. The van der Waals surface area contributed by atoms with Gasteiger partial charge in [-0.05, 0) is 19.3 Å². The molecule has 5 heteroatoms. The van der Waals surface area contributed by atoms with E-state index in [4.69, 9.17) is 16.7 Å². The van der Waals surface area contributed by atoms with Gasteiger partial charge in [0, 0.05) is 25.5 Å². The topological polar surface area (TPSA) is 58.0 Å². The number of nitrogens with zero attached hydrogens (tertiary/aromatic N) is 2. The van der Waals surface area contributed by atoms with E-state index in [9.17, 15) is 0 Å². The molecule has 1 aromatic heterocycles. The van der Waals surface area contributed by atoms with E-state index in [0.717, 1.165) is 25.8 Å². The lowest BCUT2D eigenvalue weighted by Crippen LogP contribution is -2.04. The van der Waals surface area contributed by atoms with Crippen LogP contribution in [0.3, 0.4) is 0 Å². The number of nitrogens with one attached hydrogen (secondary N) is 1. The molecule has 14 heavy (non-hydrogen) atoms. The molecule has 4 nitrogen and oxygen atoms in total. The summed E-state index contributed by atoms with van der Waals surface area (Å²) in [7, 11) is 0. The summed E-state index contributed by atoms with van der Waals surface area (Å²) in [6.45, 7) is 1.06. The van der Waals surface area contributed by atoms with E-state index in [1.54, 1.807) is 12.4 Å². The molecule has 0 aromatic carbocycles. The van der Waals surface area contributed by atoms with E-state index in [-0.39, 0.29) is 6.61 Å². The van der Waals surface area contributed by atoms with Crippen molar-refractivity contribution in [1.29, 1.82) is 0 Å². The Morgan fingerprint density at radius 3 is 2.71 bits per heavy atom. The molecule has 1 heterocycles. The lowest BCUT2D eigenvalue weighted by molar-refractivity contribution is 0.283. The molecule has 0 bridgehead atoms. The zero-order chi connectivity index (χ0) is 10.2. The van der Waals surface area contributed by atoms with Crippen molar-refractivity contribution < 1.29 is 5.11 Å². The molecule has 0 spiro atoms. The van der Waals surface area contributed by atoms with E-state index < -0.39 is 0 Å². The summed E-state index contributed by atoms with van der Waals surface area (Å²) in [4.78, 5) is 7.94. The predicted octanol–water partition coefficient (Wildman–Crippen LogP) is 1.70. The van der Waals surface area contributed by atoms with Crippen LogP contribution in [0, 0.1) is 0 Å². The number of hydrogen-bond donors (Lipinski definition) is 2. The first-order chi connectivity index (χ1) is 6.84. The molecule has 1 aromatic rings. The van der Waals surface area contributed by atoms with Gasteiger partial charge in [-0.1, -0.05) is 11.6 Å². The zero-order valence-electron chi connectivity index (χ0n) is 7.91. The van der Waals surface area contributed by atoms with E-state index in [2.05, 4.69) is 15.3 Å². The van der Waals surface area contributed by atoms with Gasteiger partial charge in [0.1, 0.15) is 0 Å². The molecule has 0 aliphatic rings. The molecule has 0 saturated heterocycles. The summed E-state index contributed by atoms with van der Waals surface area (Å²) >= 11 is 5.79. The van der Waals surface area contributed by atoms with Gasteiger partial charge in [-0.3, -0.25) is 0 Å². The van der Waals surface area contributed by atoms with E-state index in [1.165, 1.54) is 0 Å². The molecule has 0 unspecified atom stereocenters. The van der Waals surface area contributed by atoms with Gasteiger partial charge in [-0.15, -0.1) is 0 Å². The lowest BCUT2D eigenvalue weighted by atomic mass is 10.2. The van der Waals surface area contributed by atoms with Crippen molar-refractivity contribution in [2.24, 2.45) is 0 Å². The van der Waals surface area contributed by atoms with Crippen molar-refractivity contribution in [3.63, 3.8) is 0 Å². The molecule has 0 saturated carbocycles. The highest BCUT2D eigenvalue weighted by Crippen LogP contribution is 2.13. The molecule has 2 N–H and O–H groups in total. The van der Waals surface area contributed by atoms with Crippen LogP contribution in [0.4, 0.5) is 5.82 Å². The maximum Gasteiger partial charge on any atom is 0.171 e. The number of halogens is 1. The molecule has 0 fully saturated rings. The number of anilines is 1. The number of unbranched alkanes of at least 4 members (excludes halogenated alkanes) is 2. The van der Waals surface area contributed by atoms with E-state index in [1.807, 2.05) is 0 Å². The smallest absolute Gasteiger partial charge is 0.171 e. The highest BCUT2D eigenvalue weighted by molar-refractivity contribution is 6.31. The summed E-state index contributed by atoms with van der Waals surface area (Å²) < 4.78 is 0. The van der Waals surface area contributed by atoms with Gasteiger partial charge in [0.25, 0.3) is 0 Å². The molecular weight excluding hydrogens is 202 g/mol. The van der Waals surface area contributed by atoms with Crippen LogP contribution in [-0.4, -0.2) is 28.2 Å². The predicted molar refractivity (Wildman–Crippen MR) is 56.5 cm³/mol. The Kier molecular flexibility index (Phi) is 5.25. The van der Waals surface area contributed by atoms with Crippen LogP contribution in [0.25, 0.3) is 0 Å². The number of aliphatic hydroxyl groups excluding tert-OH is 1. The number of rotatable bonds is 6. The molecule has 78 valence electrons. The van der Waals surface area contributed by atoms with Gasteiger partial charge >= 0.3 is 0 Å². The number of hydrogen-bond acceptors (Lipinski definition) is 4. The SMILES string of the molecule is OCCCCCNc1nccnc1Cl. The third-order valence-corrected chi connectivity index (χ3v) is 2.06. The van der Waals surface area contributed by atoms with Crippen LogP contribution < -0.4 is 5.32 Å². The van der Waals surface area contributed by atoms with Crippen LogP contribution in [-0.2, 0) is 0 Å². The van der Waals surface area contributed by atoms with Gasteiger partial charge < -0.3 is 10.4 Å². The first-order valence-electron chi connectivity index (χ1n) is 4.66. The van der Waals surface area contributed by atoms with Crippen molar-refractivity contribution in [3.8, 4) is 0 Å². The number of aliphatic hydroxyl groups is 1. The fourth-order valence-electron chi connectivity index (χ4n) is 1.06.